The van der Waals surface area contributed by atoms with Gasteiger partial charge in [-0.15, -0.1) is 0 Å². The van der Waals surface area contributed by atoms with Crippen LogP contribution in [-0.4, -0.2) is 48.0 Å². The van der Waals surface area contributed by atoms with Gasteiger partial charge < -0.3 is 15.0 Å². The Labute approximate surface area is 169 Å². The van der Waals surface area contributed by atoms with Gasteiger partial charge in [0.1, 0.15) is 5.82 Å². The molecular weight excluding hydrogens is 373 g/mol. The molecule has 3 heterocycles. The number of anilines is 1. The fraction of sp³-hybridized carbons (Fsp3) is 0.409. The van der Waals surface area contributed by atoms with Gasteiger partial charge in [0.2, 0.25) is 11.8 Å². The third-order valence-corrected chi connectivity index (χ3v) is 6.00. The van der Waals surface area contributed by atoms with Crippen LogP contribution in [0.2, 0.25) is 0 Å². The van der Waals surface area contributed by atoms with Crippen molar-refractivity contribution in [3.8, 4) is 0 Å². The van der Waals surface area contributed by atoms with Crippen molar-refractivity contribution < 1.29 is 18.7 Å². The Hall–Kier alpha value is -2.80. The van der Waals surface area contributed by atoms with E-state index in [-0.39, 0.29) is 35.4 Å². The number of likely N-dealkylation sites (tertiary alicyclic amines) is 1. The lowest BCUT2D eigenvalue weighted by molar-refractivity contribution is -0.130. The number of aromatic nitrogens is 1. The number of halogens is 1. The zero-order valence-electron chi connectivity index (χ0n) is 16.1. The summed E-state index contributed by atoms with van der Waals surface area (Å²) < 4.78 is 18.7. The van der Waals surface area contributed by atoms with E-state index in [0.29, 0.717) is 32.0 Å². The molecule has 1 N–H and O–H groups in total. The summed E-state index contributed by atoms with van der Waals surface area (Å²) in [6.45, 7) is 2.11. The number of hydrogen-bond donors (Lipinski definition) is 1. The maximum atomic E-state index is 13.1. The minimum absolute atomic E-state index is 0.0425. The Morgan fingerprint density at radius 1 is 1.21 bits per heavy atom. The molecule has 0 saturated carbocycles. The molecule has 2 aromatic rings. The first-order valence-corrected chi connectivity index (χ1v) is 9.87. The van der Waals surface area contributed by atoms with Gasteiger partial charge >= 0.3 is 0 Å². The third kappa shape index (κ3) is 4.29. The van der Waals surface area contributed by atoms with Crippen LogP contribution in [-0.2, 0) is 20.7 Å². The Morgan fingerprint density at radius 2 is 1.97 bits per heavy atom. The topological polar surface area (TPSA) is 71.5 Å². The first-order chi connectivity index (χ1) is 14.1. The number of nitrogens with zero attached hydrogens (tertiary/aromatic N) is 2. The number of hydrogen-bond acceptors (Lipinski definition) is 4. The highest BCUT2D eigenvalue weighted by Crippen LogP contribution is 2.45. The fourth-order valence-corrected chi connectivity index (χ4v) is 4.36. The largest absolute Gasteiger partial charge is 0.381 e. The number of carbonyl (C=O) groups excluding carboxylic acids is 2. The molecule has 2 fully saturated rings. The first-order valence-electron chi connectivity index (χ1n) is 9.87. The summed E-state index contributed by atoms with van der Waals surface area (Å²) >= 11 is 0. The normalized spacial score (nSPS) is 20.6. The van der Waals surface area contributed by atoms with Gasteiger partial charge in [0, 0.05) is 37.9 Å². The Kier molecular flexibility index (Phi) is 5.58. The molecule has 6 nitrogen and oxygen atoms in total. The molecule has 0 unspecified atom stereocenters. The lowest BCUT2D eigenvalue weighted by Crippen LogP contribution is -2.42. The van der Waals surface area contributed by atoms with Gasteiger partial charge in [-0.1, -0.05) is 12.1 Å². The van der Waals surface area contributed by atoms with Crippen molar-refractivity contribution in [1.82, 2.24) is 9.88 Å². The van der Waals surface area contributed by atoms with Crippen LogP contribution in [0, 0.1) is 17.2 Å². The zero-order chi connectivity index (χ0) is 20.3. The quantitative estimate of drug-likeness (QED) is 0.861. The standard InChI is InChI=1S/C22H24FN3O3/c23-17-5-3-16(4-6-17)12-20(27)26-14-19(22(15-26)7-10-29-11-8-22)21(28)25-18-2-1-9-24-13-18/h1-6,9,13,19H,7-8,10-12,14-15H2,(H,25,28)/t19-/m0/s1. The number of carbonyl (C=O) groups is 2. The molecule has 0 bridgehead atoms. The highest BCUT2D eigenvalue weighted by atomic mass is 19.1. The van der Waals surface area contributed by atoms with Crippen molar-refractivity contribution in [2.24, 2.45) is 11.3 Å². The lowest BCUT2D eigenvalue weighted by atomic mass is 9.71. The van der Waals surface area contributed by atoms with Gasteiger partial charge in [0.05, 0.1) is 24.2 Å². The highest BCUT2D eigenvalue weighted by molar-refractivity contribution is 5.94. The molecule has 0 radical (unpaired) electrons. The molecule has 1 aromatic carbocycles. The van der Waals surface area contributed by atoms with Crippen LogP contribution in [0.5, 0.6) is 0 Å². The monoisotopic (exact) mass is 397 g/mol. The van der Waals surface area contributed by atoms with Gasteiger partial charge in [-0.25, -0.2) is 4.39 Å². The SMILES string of the molecule is O=C(Nc1cccnc1)[C@@H]1CN(C(=O)Cc2ccc(F)cc2)CC12CCOCC2. The minimum atomic E-state index is -0.323. The molecule has 7 heteroatoms. The Morgan fingerprint density at radius 3 is 2.66 bits per heavy atom. The van der Waals surface area contributed by atoms with Crippen molar-refractivity contribution >= 4 is 17.5 Å². The number of rotatable bonds is 4. The second-order valence-corrected chi connectivity index (χ2v) is 7.84. The van der Waals surface area contributed by atoms with Crippen LogP contribution in [0.1, 0.15) is 18.4 Å². The summed E-state index contributed by atoms with van der Waals surface area (Å²) in [5.41, 5.74) is 1.14. The second kappa shape index (κ2) is 8.29. The van der Waals surface area contributed by atoms with Crippen LogP contribution in [0.25, 0.3) is 0 Å². The van der Waals surface area contributed by atoms with Crippen LogP contribution in [0.3, 0.4) is 0 Å². The number of pyridine rings is 1. The minimum Gasteiger partial charge on any atom is -0.381 e. The van der Waals surface area contributed by atoms with Crippen LogP contribution < -0.4 is 5.32 Å². The van der Waals surface area contributed by atoms with E-state index < -0.39 is 0 Å². The van der Waals surface area contributed by atoms with Crippen LogP contribution in [0.15, 0.2) is 48.8 Å². The smallest absolute Gasteiger partial charge is 0.229 e. The summed E-state index contributed by atoms with van der Waals surface area (Å²) in [6, 6.07) is 9.54. The second-order valence-electron chi connectivity index (χ2n) is 7.84. The molecule has 0 aliphatic carbocycles. The number of benzene rings is 1. The lowest BCUT2D eigenvalue weighted by Gasteiger charge is -2.37. The first kappa shape index (κ1) is 19.5. The van der Waals surface area contributed by atoms with E-state index >= 15 is 0 Å². The van der Waals surface area contributed by atoms with Crippen molar-refractivity contribution in [2.75, 3.05) is 31.6 Å². The number of amides is 2. The van der Waals surface area contributed by atoms with Crippen molar-refractivity contribution in [1.29, 1.82) is 0 Å². The molecule has 2 saturated heterocycles. The van der Waals surface area contributed by atoms with E-state index in [9.17, 15) is 14.0 Å². The average molecular weight is 397 g/mol. The fourth-order valence-electron chi connectivity index (χ4n) is 4.36. The molecule has 2 aliphatic rings. The van der Waals surface area contributed by atoms with Gasteiger partial charge in [-0.05, 0) is 42.7 Å². The van der Waals surface area contributed by atoms with Crippen LogP contribution >= 0.6 is 0 Å². The molecule has 4 rings (SSSR count). The zero-order valence-corrected chi connectivity index (χ0v) is 16.1. The van der Waals surface area contributed by atoms with E-state index in [0.717, 1.165) is 18.4 Å². The van der Waals surface area contributed by atoms with E-state index in [2.05, 4.69) is 10.3 Å². The molecule has 1 atom stereocenters. The van der Waals surface area contributed by atoms with Gasteiger partial charge in [-0.2, -0.15) is 0 Å². The maximum absolute atomic E-state index is 13.1. The maximum Gasteiger partial charge on any atom is 0.229 e. The van der Waals surface area contributed by atoms with E-state index in [1.807, 2.05) is 0 Å². The van der Waals surface area contributed by atoms with Gasteiger partial charge in [0.25, 0.3) is 0 Å². The molecule has 1 spiro atoms. The summed E-state index contributed by atoms with van der Waals surface area (Å²) in [4.78, 5) is 31.8. The summed E-state index contributed by atoms with van der Waals surface area (Å²) in [5, 5.41) is 2.95. The molecule has 2 amide bonds. The Balaban J connectivity index is 1.50. The van der Waals surface area contributed by atoms with Crippen molar-refractivity contribution in [3.05, 3.63) is 60.2 Å². The van der Waals surface area contributed by atoms with Crippen molar-refractivity contribution in [2.45, 2.75) is 19.3 Å². The summed E-state index contributed by atoms with van der Waals surface area (Å²) in [6.07, 6.45) is 4.96. The summed E-state index contributed by atoms with van der Waals surface area (Å²) in [5.74, 6) is -0.754. The number of nitrogens with one attached hydrogen (secondary N) is 1. The summed E-state index contributed by atoms with van der Waals surface area (Å²) in [7, 11) is 0. The molecule has 29 heavy (non-hydrogen) atoms. The van der Waals surface area contributed by atoms with Crippen LogP contribution in [0.4, 0.5) is 10.1 Å². The Bertz CT molecular complexity index is 867. The molecule has 152 valence electrons. The van der Waals surface area contributed by atoms with E-state index in [1.54, 1.807) is 41.6 Å². The van der Waals surface area contributed by atoms with E-state index in [4.69, 9.17) is 4.74 Å². The predicted molar refractivity (Wildman–Crippen MR) is 106 cm³/mol. The van der Waals surface area contributed by atoms with Crippen molar-refractivity contribution in [3.63, 3.8) is 0 Å². The highest BCUT2D eigenvalue weighted by Gasteiger charge is 2.51. The number of ether oxygens (including phenoxy) is 1. The average Bonchev–Trinajstić information content (AvgIpc) is 3.10. The third-order valence-electron chi connectivity index (χ3n) is 6.00. The van der Waals surface area contributed by atoms with Gasteiger partial charge in [0.15, 0.2) is 0 Å². The van der Waals surface area contributed by atoms with Gasteiger partial charge in [-0.3, -0.25) is 14.6 Å². The molecule has 1 aromatic heterocycles. The molecular formula is C22H24FN3O3. The molecule has 2 aliphatic heterocycles. The predicted octanol–water partition coefficient (Wildman–Crippen LogP) is 2.66. The van der Waals surface area contributed by atoms with E-state index in [1.165, 1.54) is 12.1 Å².